The van der Waals surface area contributed by atoms with E-state index in [9.17, 15) is 9.59 Å². The van der Waals surface area contributed by atoms with Gasteiger partial charge < -0.3 is 19.7 Å². The van der Waals surface area contributed by atoms with E-state index in [2.05, 4.69) is 17.5 Å². The lowest BCUT2D eigenvalue weighted by Gasteiger charge is -2.34. The number of rotatable bonds is 10. The minimum atomic E-state index is -0.507. The number of carbonyl (C=O) groups is 2. The number of nitrogens with zero attached hydrogens (tertiary/aromatic N) is 1. The van der Waals surface area contributed by atoms with Crippen LogP contribution in [0.5, 0.6) is 5.75 Å². The van der Waals surface area contributed by atoms with Gasteiger partial charge in [-0.2, -0.15) is 0 Å². The highest BCUT2D eigenvalue weighted by atomic mass is 16.5. The smallest absolute Gasteiger partial charge is 0.254 e. The molecule has 0 bridgehead atoms. The number of amides is 2. The average molecular weight is 511 g/mol. The Balaban J connectivity index is 1.52. The molecule has 196 valence electrons. The van der Waals surface area contributed by atoms with Crippen LogP contribution in [-0.4, -0.2) is 42.6 Å². The fourth-order valence-electron chi connectivity index (χ4n) is 4.40. The number of ether oxygens (including phenoxy) is 2. The molecule has 0 saturated carbocycles. The van der Waals surface area contributed by atoms with E-state index in [0.29, 0.717) is 37.4 Å². The molecule has 1 atom stereocenters. The molecule has 3 aromatic rings. The summed E-state index contributed by atoms with van der Waals surface area (Å²) in [5, 5.41) is 2.76. The highest BCUT2D eigenvalue weighted by Crippen LogP contribution is 2.32. The van der Waals surface area contributed by atoms with E-state index < -0.39 is 5.60 Å². The first-order valence-electron chi connectivity index (χ1n) is 12.7. The van der Waals surface area contributed by atoms with Crippen LogP contribution in [-0.2, 0) is 16.1 Å². The standard InChI is InChI=1S/C32H34N2O4/c1-24(35)33-29-14-16-30(17-15-29)38-23-28-20-26(18-19-32(28,2)37-3)22-34(21-25-10-6-4-7-11-25)31(36)27-12-8-5-9-13-27/h4-18,20H,19,21-23H2,1-3H3,(H,33,35). The molecule has 0 aromatic heterocycles. The summed E-state index contributed by atoms with van der Waals surface area (Å²) in [4.78, 5) is 26.6. The van der Waals surface area contributed by atoms with Crippen molar-refractivity contribution in [2.24, 2.45) is 0 Å². The van der Waals surface area contributed by atoms with Gasteiger partial charge in [0.15, 0.2) is 0 Å². The summed E-state index contributed by atoms with van der Waals surface area (Å²) in [6, 6.07) is 26.7. The van der Waals surface area contributed by atoms with Crippen LogP contribution in [0.4, 0.5) is 5.69 Å². The summed E-state index contributed by atoms with van der Waals surface area (Å²) in [5.74, 6) is 0.564. The van der Waals surface area contributed by atoms with Crippen LogP contribution in [0.2, 0.25) is 0 Å². The van der Waals surface area contributed by atoms with Crippen molar-refractivity contribution in [3.8, 4) is 5.75 Å². The lowest BCUT2D eigenvalue weighted by molar-refractivity contribution is -0.114. The van der Waals surface area contributed by atoms with Crippen molar-refractivity contribution in [2.45, 2.75) is 32.4 Å². The number of hydrogen-bond acceptors (Lipinski definition) is 4. The first-order chi connectivity index (χ1) is 18.4. The van der Waals surface area contributed by atoms with E-state index in [0.717, 1.165) is 22.4 Å². The van der Waals surface area contributed by atoms with Crippen molar-refractivity contribution in [1.82, 2.24) is 4.90 Å². The third-order valence-corrected chi connectivity index (χ3v) is 6.71. The van der Waals surface area contributed by atoms with Crippen molar-refractivity contribution >= 4 is 17.5 Å². The Bertz CT molecular complexity index is 1300. The lowest BCUT2D eigenvalue weighted by Crippen LogP contribution is -2.37. The molecule has 0 spiro atoms. The molecule has 1 N–H and O–H groups in total. The van der Waals surface area contributed by atoms with Gasteiger partial charge in [0.25, 0.3) is 5.91 Å². The van der Waals surface area contributed by atoms with Crippen molar-refractivity contribution in [2.75, 3.05) is 25.6 Å². The Kier molecular flexibility index (Phi) is 8.77. The maximum Gasteiger partial charge on any atom is 0.254 e. The number of hydrogen-bond donors (Lipinski definition) is 1. The Morgan fingerprint density at radius 2 is 1.58 bits per heavy atom. The maximum absolute atomic E-state index is 13.5. The van der Waals surface area contributed by atoms with Gasteiger partial charge in [-0.1, -0.05) is 60.7 Å². The molecule has 1 unspecified atom stereocenters. The van der Waals surface area contributed by atoms with Gasteiger partial charge in [0.2, 0.25) is 5.91 Å². The summed E-state index contributed by atoms with van der Waals surface area (Å²) in [6.07, 6.45) is 4.91. The normalized spacial score (nSPS) is 16.7. The van der Waals surface area contributed by atoms with E-state index in [1.165, 1.54) is 6.92 Å². The molecule has 0 aliphatic heterocycles. The minimum absolute atomic E-state index is 0.0131. The molecular formula is C32H34N2O4. The Morgan fingerprint density at radius 1 is 0.921 bits per heavy atom. The van der Waals surface area contributed by atoms with Crippen LogP contribution in [0.1, 0.15) is 36.2 Å². The topological polar surface area (TPSA) is 67.9 Å². The SMILES string of the molecule is COC1(C)CC=C(CN(Cc2ccccc2)C(=O)c2ccccc2)C=C1COc1ccc(NC(C)=O)cc1. The second kappa shape index (κ2) is 12.4. The van der Waals surface area contributed by atoms with Crippen molar-refractivity contribution in [3.05, 3.63) is 119 Å². The maximum atomic E-state index is 13.5. The predicted octanol–water partition coefficient (Wildman–Crippen LogP) is 6.03. The van der Waals surface area contributed by atoms with Crippen LogP contribution in [0.15, 0.2) is 108 Å². The molecule has 2 amide bonds. The monoisotopic (exact) mass is 510 g/mol. The van der Waals surface area contributed by atoms with Gasteiger partial charge in [0, 0.05) is 38.4 Å². The van der Waals surface area contributed by atoms with E-state index in [1.54, 1.807) is 7.11 Å². The average Bonchev–Trinajstić information content (AvgIpc) is 2.94. The van der Waals surface area contributed by atoms with E-state index in [-0.39, 0.29) is 11.8 Å². The number of anilines is 1. The Labute approximate surface area is 224 Å². The Morgan fingerprint density at radius 3 is 2.21 bits per heavy atom. The fourth-order valence-corrected chi connectivity index (χ4v) is 4.40. The fraction of sp³-hybridized carbons (Fsp3) is 0.250. The molecule has 38 heavy (non-hydrogen) atoms. The molecule has 1 aliphatic carbocycles. The zero-order chi connectivity index (χ0) is 27.0. The molecule has 0 saturated heterocycles. The second-order valence-electron chi connectivity index (χ2n) is 9.59. The summed E-state index contributed by atoms with van der Waals surface area (Å²) in [5.41, 5.74) is 3.99. The first kappa shape index (κ1) is 26.9. The van der Waals surface area contributed by atoms with Gasteiger partial charge in [0.1, 0.15) is 12.4 Å². The molecule has 6 nitrogen and oxygen atoms in total. The lowest BCUT2D eigenvalue weighted by atomic mass is 9.85. The minimum Gasteiger partial charge on any atom is -0.489 e. The van der Waals surface area contributed by atoms with Gasteiger partial charge in [-0.3, -0.25) is 9.59 Å². The molecule has 4 rings (SSSR count). The third kappa shape index (κ3) is 6.99. The van der Waals surface area contributed by atoms with Gasteiger partial charge in [-0.05, 0) is 66.5 Å². The van der Waals surface area contributed by atoms with Gasteiger partial charge in [-0.15, -0.1) is 0 Å². The highest BCUT2D eigenvalue weighted by Gasteiger charge is 2.32. The second-order valence-corrected chi connectivity index (χ2v) is 9.59. The van der Waals surface area contributed by atoms with Gasteiger partial charge in [0.05, 0.1) is 5.60 Å². The summed E-state index contributed by atoms with van der Waals surface area (Å²) >= 11 is 0. The van der Waals surface area contributed by atoms with Crippen molar-refractivity contribution in [3.63, 3.8) is 0 Å². The molecule has 0 heterocycles. The molecule has 6 heteroatoms. The highest BCUT2D eigenvalue weighted by molar-refractivity contribution is 5.94. The van der Waals surface area contributed by atoms with Crippen LogP contribution in [0.25, 0.3) is 0 Å². The zero-order valence-corrected chi connectivity index (χ0v) is 22.1. The summed E-state index contributed by atoms with van der Waals surface area (Å²) < 4.78 is 12.0. The molecule has 0 radical (unpaired) electrons. The number of methoxy groups -OCH3 is 1. The molecule has 1 aliphatic rings. The van der Waals surface area contributed by atoms with Crippen LogP contribution < -0.4 is 10.1 Å². The quantitative estimate of drug-likeness (QED) is 0.362. The largest absolute Gasteiger partial charge is 0.489 e. The van der Waals surface area contributed by atoms with E-state index in [1.807, 2.05) is 96.8 Å². The van der Waals surface area contributed by atoms with Crippen LogP contribution in [0, 0.1) is 0 Å². The third-order valence-electron chi connectivity index (χ3n) is 6.71. The predicted molar refractivity (Wildman–Crippen MR) is 150 cm³/mol. The molecule has 3 aromatic carbocycles. The van der Waals surface area contributed by atoms with Crippen LogP contribution in [0.3, 0.4) is 0 Å². The van der Waals surface area contributed by atoms with Gasteiger partial charge in [-0.25, -0.2) is 0 Å². The number of benzene rings is 3. The van der Waals surface area contributed by atoms with Crippen molar-refractivity contribution in [1.29, 1.82) is 0 Å². The number of nitrogens with one attached hydrogen (secondary N) is 1. The van der Waals surface area contributed by atoms with Crippen LogP contribution >= 0.6 is 0 Å². The zero-order valence-electron chi connectivity index (χ0n) is 22.1. The summed E-state index contributed by atoms with van der Waals surface area (Å²) in [6.45, 7) is 4.84. The molecule has 0 fully saturated rings. The van der Waals surface area contributed by atoms with Crippen molar-refractivity contribution < 1.29 is 19.1 Å². The molecular weight excluding hydrogens is 476 g/mol. The van der Waals surface area contributed by atoms with Gasteiger partial charge >= 0.3 is 0 Å². The van der Waals surface area contributed by atoms with E-state index in [4.69, 9.17) is 9.47 Å². The summed E-state index contributed by atoms with van der Waals surface area (Å²) in [7, 11) is 1.70. The Hall–Kier alpha value is -4.16. The number of carbonyl (C=O) groups excluding carboxylic acids is 2. The first-order valence-corrected chi connectivity index (χ1v) is 12.7. The van der Waals surface area contributed by atoms with E-state index >= 15 is 0 Å².